The van der Waals surface area contributed by atoms with Crippen LogP contribution in [-0.2, 0) is 11.2 Å². The van der Waals surface area contributed by atoms with Crippen LogP contribution >= 0.6 is 0 Å². The number of hydrogen-bond donors (Lipinski definition) is 0. The Kier molecular flexibility index (Phi) is 7.76. The number of benzene rings is 1. The smallest absolute Gasteiger partial charge is 0.226 e. The zero-order valence-electron chi connectivity index (χ0n) is 16.3. The molecule has 0 radical (unpaired) electrons. The number of aryl methyl sites for hydroxylation is 1. The maximum atomic E-state index is 12.1. The fraction of sp³-hybridized carbons (Fsp3) is 0.500. The Balaban J connectivity index is 1.84. The number of nitrogens with zero attached hydrogens (tertiary/aromatic N) is 1. The second kappa shape index (κ2) is 10.0. The summed E-state index contributed by atoms with van der Waals surface area (Å²) < 4.78 is 11.7. The van der Waals surface area contributed by atoms with Crippen molar-refractivity contribution < 1.29 is 14.3 Å². The molecule has 0 spiro atoms. The van der Waals surface area contributed by atoms with Crippen LogP contribution in [0, 0.1) is 6.92 Å². The van der Waals surface area contributed by atoms with Gasteiger partial charge in [0.05, 0.1) is 20.2 Å². The molecule has 0 aliphatic carbocycles. The number of carbonyl (C=O) groups excluding carboxylic acids is 1. The molecule has 1 amide bonds. The highest BCUT2D eigenvalue weighted by atomic mass is 16.5. The van der Waals surface area contributed by atoms with E-state index in [1.54, 1.807) is 7.11 Å². The summed E-state index contributed by atoms with van der Waals surface area (Å²) in [6.07, 6.45) is 10.4. The van der Waals surface area contributed by atoms with Gasteiger partial charge >= 0.3 is 0 Å². The lowest BCUT2D eigenvalue weighted by atomic mass is 10.0. The number of unbranched alkanes of at least 4 members (excludes halogenated alkanes) is 1. The number of hydrogen-bond acceptors (Lipinski definition) is 3. The van der Waals surface area contributed by atoms with Gasteiger partial charge in [0.15, 0.2) is 0 Å². The molecule has 1 aromatic carbocycles. The Hall–Kier alpha value is -2.23. The van der Waals surface area contributed by atoms with Crippen LogP contribution < -0.4 is 9.47 Å². The van der Waals surface area contributed by atoms with E-state index in [0.29, 0.717) is 19.5 Å². The molecule has 1 saturated heterocycles. The number of likely N-dealkylation sites (tertiary alicyclic amines) is 1. The Morgan fingerprint density at radius 2 is 2.08 bits per heavy atom. The number of methoxy groups -OCH3 is 1. The normalized spacial score (nSPS) is 14.3. The molecule has 0 atom stereocenters. The van der Waals surface area contributed by atoms with Gasteiger partial charge in [-0.15, -0.1) is 6.58 Å². The molecule has 0 saturated carbocycles. The minimum atomic E-state index is 0.0594. The number of rotatable bonds is 10. The Morgan fingerprint density at radius 3 is 2.73 bits per heavy atom. The average molecular weight is 357 g/mol. The lowest BCUT2D eigenvalue weighted by Gasteiger charge is -2.39. The second-order valence-electron chi connectivity index (χ2n) is 6.71. The largest absolute Gasteiger partial charge is 0.496 e. The Labute approximate surface area is 157 Å². The third kappa shape index (κ3) is 5.13. The molecule has 1 heterocycles. The van der Waals surface area contributed by atoms with Crippen molar-refractivity contribution in [3.05, 3.63) is 48.1 Å². The summed E-state index contributed by atoms with van der Waals surface area (Å²) in [7, 11) is 1.71. The van der Waals surface area contributed by atoms with Crippen molar-refractivity contribution in [3.8, 4) is 11.5 Å². The van der Waals surface area contributed by atoms with Crippen LogP contribution in [0.15, 0.2) is 36.9 Å². The van der Waals surface area contributed by atoms with Gasteiger partial charge in [0.2, 0.25) is 5.91 Å². The van der Waals surface area contributed by atoms with Crippen LogP contribution in [-0.4, -0.2) is 37.1 Å². The zero-order chi connectivity index (χ0) is 18.9. The van der Waals surface area contributed by atoms with Gasteiger partial charge in [0.1, 0.15) is 17.6 Å². The lowest BCUT2D eigenvalue weighted by molar-refractivity contribution is -0.139. The van der Waals surface area contributed by atoms with E-state index in [1.807, 2.05) is 36.1 Å². The second-order valence-corrected chi connectivity index (χ2v) is 6.71. The number of carbonyl (C=O) groups is 1. The fourth-order valence-electron chi connectivity index (χ4n) is 3.15. The minimum Gasteiger partial charge on any atom is -0.496 e. The quantitative estimate of drug-likeness (QED) is 0.458. The summed E-state index contributed by atoms with van der Waals surface area (Å²) in [5.74, 6) is 1.93. The first-order valence-corrected chi connectivity index (χ1v) is 9.47. The average Bonchev–Trinajstić information content (AvgIpc) is 2.59. The van der Waals surface area contributed by atoms with Gasteiger partial charge in [-0.25, -0.2) is 0 Å². The molecule has 1 aliphatic heterocycles. The van der Waals surface area contributed by atoms with E-state index in [1.165, 1.54) is 5.56 Å². The van der Waals surface area contributed by atoms with Gasteiger partial charge in [-0.2, -0.15) is 0 Å². The van der Waals surface area contributed by atoms with Crippen LogP contribution in [0.2, 0.25) is 0 Å². The Bertz CT molecular complexity index is 645. The maximum absolute atomic E-state index is 12.1. The van der Waals surface area contributed by atoms with Gasteiger partial charge in [-0.3, -0.25) is 4.79 Å². The van der Waals surface area contributed by atoms with Crippen LogP contribution in [0.4, 0.5) is 0 Å². The van der Waals surface area contributed by atoms with Crippen molar-refractivity contribution in [3.63, 3.8) is 0 Å². The number of amides is 1. The van der Waals surface area contributed by atoms with Crippen molar-refractivity contribution in [2.45, 2.75) is 52.1 Å². The molecular formula is C22H31NO3. The molecule has 142 valence electrons. The summed E-state index contributed by atoms with van der Waals surface area (Å²) in [5.41, 5.74) is 2.25. The van der Waals surface area contributed by atoms with Crippen LogP contribution in [0.1, 0.15) is 43.7 Å². The van der Waals surface area contributed by atoms with E-state index in [4.69, 9.17) is 9.47 Å². The highest BCUT2D eigenvalue weighted by Crippen LogP contribution is 2.33. The van der Waals surface area contributed by atoms with E-state index >= 15 is 0 Å². The fourth-order valence-corrected chi connectivity index (χ4v) is 3.15. The van der Waals surface area contributed by atoms with Crippen LogP contribution in [0.3, 0.4) is 0 Å². The summed E-state index contributed by atoms with van der Waals surface area (Å²) in [6.45, 7) is 9.18. The van der Waals surface area contributed by atoms with Gasteiger partial charge in [-0.05, 0) is 37.8 Å². The molecule has 0 N–H and O–H groups in total. The maximum Gasteiger partial charge on any atom is 0.226 e. The predicted molar refractivity (Wildman–Crippen MR) is 106 cm³/mol. The third-order valence-electron chi connectivity index (χ3n) is 4.65. The molecule has 1 fully saturated rings. The van der Waals surface area contributed by atoms with Gasteiger partial charge in [0.25, 0.3) is 0 Å². The van der Waals surface area contributed by atoms with Crippen molar-refractivity contribution in [1.29, 1.82) is 0 Å². The summed E-state index contributed by atoms with van der Waals surface area (Å²) >= 11 is 0. The summed E-state index contributed by atoms with van der Waals surface area (Å²) in [6, 6.07) is 4.11. The molecule has 2 rings (SSSR count). The summed E-state index contributed by atoms with van der Waals surface area (Å²) in [5, 5.41) is 0. The molecule has 1 aliphatic rings. The molecule has 1 aromatic rings. The van der Waals surface area contributed by atoms with Crippen molar-refractivity contribution in [1.82, 2.24) is 4.90 Å². The van der Waals surface area contributed by atoms with Crippen molar-refractivity contribution in [2.24, 2.45) is 0 Å². The predicted octanol–water partition coefficient (Wildman–Crippen LogP) is 4.46. The first kappa shape index (κ1) is 20.1. The van der Waals surface area contributed by atoms with Crippen molar-refractivity contribution >= 4 is 5.91 Å². The van der Waals surface area contributed by atoms with E-state index in [2.05, 4.69) is 19.6 Å². The SMILES string of the molecule is C=CCC/C=C/CC(=O)N1CC(Oc2ccc(CCC)c(OC)c2C)C1. The molecule has 0 unspecified atom stereocenters. The molecule has 26 heavy (non-hydrogen) atoms. The first-order valence-electron chi connectivity index (χ1n) is 9.47. The van der Waals surface area contributed by atoms with E-state index in [9.17, 15) is 4.79 Å². The first-order chi connectivity index (χ1) is 12.6. The molecule has 0 aromatic heterocycles. The standard InChI is InChI=1S/C22H31NO3/c1-5-7-8-9-10-12-21(24)23-15-19(16-23)26-20-14-13-18(11-6-2)22(25-4)17(20)3/h5,9-10,13-14,19H,1,6-8,11-12,15-16H2,2-4H3/b10-9+. The molecule has 4 heteroatoms. The van der Waals surface area contributed by atoms with Crippen LogP contribution in [0.25, 0.3) is 0 Å². The highest BCUT2D eigenvalue weighted by molar-refractivity contribution is 5.78. The third-order valence-corrected chi connectivity index (χ3v) is 4.65. The van der Waals surface area contributed by atoms with Gasteiger partial charge in [-0.1, -0.05) is 37.6 Å². The number of ether oxygens (including phenoxy) is 2. The molecule has 4 nitrogen and oxygen atoms in total. The Morgan fingerprint density at radius 1 is 1.31 bits per heavy atom. The lowest BCUT2D eigenvalue weighted by Crippen LogP contribution is -2.56. The highest BCUT2D eigenvalue weighted by Gasteiger charge is 2.32. The zero-order valence-corrected chi connectivity index (χ0v) is 16.3. The van der Waals surface area contributed by atoms with Crippen molar-refractivity contribution in [2.75, 3.05) is 20.2 Å². The summed E-state index contributed by atoms with van der Waals surface area (Å²) in [4.78, 5) is 14.0. The number of allylic oxidation sites excluding steroid dienone is 2. The minimum absolute atomic E-state index is 0.0594. The van der Waals surface area contributed by atoms with E-state index in [-0.39, 0.29) is 12.0 Å². The van der Waals surface area contributed by atoms with E-state index in [0.717, 1.165) is 42.7 Å². The van der Waals surface area contributed by atoms with Gasteiger partial charge < -0.3 is 14.4 Å². The van der Waals surface area contributed by atoms with Crippen LogP contribution in [0.5, 0.6) is 11.5 Å². The monoisotopic (exact) mass is 357 g/mol. The van der Waals surface area contributed by atoms with Gasteiger partial charge in [0, 0.05) is 12.0 Å². The molecular weight excluding hydrogens is 326 g/mol. The topological polar surface area (TPSA) is 38.8 Å². The molecule has 0 bridgehead atoms. The van der Waals surface area contributed by atoms with E-state index < -0.39 is 0 Å².